The molecule has 0 unspecified atom stereocenters. The number of hydrogen-bond acceptors (Lipinski definition) is 5. The number of aromatic nitrogens is 4. The first-order valence-corrected chi connectivity index (χ1v) is 15.6. The largest absolute Gasteiger partial charge is 0.366 e. The van der Waals surface area contributed by atoms with Crippen molar-refractivity contribution in [2.24, 2.45) is 12.8 Å². The van der Waals surface area contributed by atoms with Crippen molar-refractivity contribution in [1.82, 2.24) is 29.1 Å². The first kappa shape index (κ1) is 28.9. The zero-order chi connectivity index (χ0) is 29.8. The molecule has 43 heavy (non-hydrogen) atoms. The maximum Gasteiger partial charge on any atom is 0.249 e. The molecule has 6 rings (SSSR count). The molecule has 2 aliphatic rings. The molecule has 0 bridgehead atoms. The number of primary amides is 1. The van der Waals surface area contributed by atoms with E-state index >= 15 is 0 Å². The van der Waals surface area contributed by atoms with Gasteiger partial charge in [0.2, 0.25) is 11.8 Å². The fraction of sp³-hybridized carbons (Fsp3) is 0.412. The quantitative estimate of drug-likeness (QED) is 0.306. The second-order valence-electron chi connectivity index (χ2n) is 11.8. The second-order valence-corrected chi connectivity index (χ2v) is 11.8. The number of carbonyl (C=O) groups excluding carboxylic acids is 2. The standard InChI is InChI=1S/C34H41N7O2/c1-38-23-25(22-36-38)29-15-9-16-30(33(35)43)32(29)34-37-26(24-41(34)28-13-6-3-7-14-28)10-8-17-31(42)40-20-18-39(19-21-40)27-11-4-2-5-12-27/h3,6-7,9,13-16,22-24,27H,2,4-5,8,10-12,17-21H2,1H3,(H2,35,43). The van der Waals surface area contributed by atoms with Gasteiger partial charge in [-0.3, -0.25) is 23.7 Å². The van der Waals surface area contributed by atoms with Gasteiger partial charge in [0.05, 0.1) is 17.5 Å². The minimum absolute atomic E-state index is 0.226. The number of imidazole rings is 1. The Labute approximate surface area is 253 Å². The van der Waals surface area contributed by atoms with Crippen molar-refractivity contribution < 1.29 is 9.59 Å². The summed E-state index contributed by atoms with van der Waals surface area (Å²) in [6.45, 7) is 3.62. The lowest BCUT2D eigenvalue weighted by atomic mass is 9.94. The van der Waals surface area contributed by atoms with Gasteiger partial charge in [-0.1, -0.05) is 49.6 Å². The summed E-state index contributed by atoms with van der Waals surface area (Å²) in [5.74, 6) is 0.350. The molecule has 0 atom stereocenters. The molecule has 0 spiro atoms. The molecule has 2 aromatic heterocycles. The van der Waals surface area contributed by atoms with Crippen LogP contribution < -0.4 is 5.73 Å². The summed E-state index contributed by atoms with van der Waals surface area (Å²) in [7, 11) is 1.86. The van der Waals surface area contributed by atoms with Crippen molar-refractivity contribution in [2.75, 3.05) is 26.2 Å². The minimum atomic E-state index is -0.515. The molecule has 1 saturated heterocycles. The summed E-state index contributed by atoms with van der Waals surface area (Å²) in [6.07, 6.45) is 14.2. The first-order chi connectivity index (χ1) is 21.0. The van der Waals surface area contributed by atoms with E-state index in [4.69, 9.17) is 10.7 Å². The summed E-state index contributed by atoms with van der Waals surface area (Å²) < 4.78 is 3.75. The molecule has 2 aromatic carbocycles. The van der Waals surface area contributed by atoms with Gasteiger partial charge in [-0.15, -0.1) is 0 Å². The second kappa shape index (κ2) is 13.0. The van der Waals surface area contributed by atoms with Crippen LogP contribution in [0.3, 0.4) is 0 Å². The van der Waals surface area contributed by atoms with Crippen LogP contribution in [0.1, 0.15) is 61.0 Å². The van der Waals surface area contributed by atoms with Crippen LogP contribution >= 0.6 is 0 Å². The summed E-state index contributed by atoms with van der Waals surface area (Å²) in [6, 6.07) is 16.2. The van der Waals surface area contributed by atoms with Crippen molar-refractivity contribution in [2.45, 2.75) is 57.4 Å². The van der Waals surface area contributed by atoms with Crippen LogP contribution in [-0.4, -0.2) is 73.2 Å². The van der Waals surface area contributed by atoms with E-state index < -0.39 is 5.91 Å². The molecule has 3 heterocycles. The molecular formula is C34H41N7O2. The molecule has 224 valence electrons. The minimum Gasteiger partial charge on any atom is -0.366 e. The number of aryl methyl sites for hydroxylation is 2. The van der Waals surface area contributed by atoms with Gasteiger partial charge >= 0.3 is 0 Å². The Kier molecular flexibility index (Phi) is 8.69. The predicted molar refractivity (Wildman–Crippen MR) is 168 cm³/mol. The summed E-state index contributed by atoms with van der Waals surface area (Å²) in [5.41, 5.74) is 10.5. The van der Waals surface area contributed by atoms with Crippen molar-refractivity contribution >= 4 is 11.8 Å². The fourth-order valence-corrected chi connectivity index (χ4v) is 6.67. The van der Waals surface area contributed by atoms with Gasteiger partial charge in [0, 0.05) is 74.9 Å². The molecule has 0 radical (unpaired) electrons. The average Bonchev–Trinajstić information content (AvgIpc) is 3.68. The molecule has 2 N–H and O–H groups in total. The van der Waals surface area contributed by atoms with E-state index in [1.165, 1.54) is 32.1 Å². The Hall–Kier alpha value is -4.24. The van der Waals surface area contributed by atoms with E-state index in [2.05, 4.69) is 10.00 Å². The molecule has 2 fully saturated rings. The third-order valence-corrected chi connectivity index (χ3v) is 8.94. The summed E-state index contributed by atoms with van der Waals surface area (Å²) in [5, 5.41) is 4.35. The summed E-state index contributed by atoms with van der Waals surface area (Å²) >= 11 is 0. The van der Waals surface area contributed by atoms with Gasteiger partial charge < -0.3 is 10.6 Å². The number of carbonyl (C=O) groups is 2. The van der Waals surface area contributed by atoms with Crippen molar-refractivity contribution in [3.8, 4) is 28.2 Å². The van der Waals surface area contributed by atoms with Crippen molar-refractivity contribution in [3.05, 3.63) is 78.4 Å². The smallest absolute Gasteiger partial charge is 0.249 e. The SMILES string of the molecule is Cn1cc(-c2cccc(C(N)=O)c2-c2nc(CCCC(=O)N3CCN(C4CCCCC4)CC3)cn2-c2ccccc2)cn1. The average molecular weight is 580 g/mol. The fourth-order valence-electron chi connectivity index (χ4n) is 6.67. The number of benzene rings is 2. The number of para-hydroxylation sites is 1. The Bertz CT molecular complexity index is 1560. The maximum atomic E-state index is 13.1. The number of nitrogens with two attached hydrogens (primary N) is 1. The maximum absolute atomic E-state index is 13.1. The molecule has 4 aromatic rings. The highest BCUT2D eigenvalue weighted by molar-refractivity contribution is 6.03. The van der Waals surface area contributed by atoms with E-state index in [0.29, 0.717) is 42.3 Å². The lowest BCUT2D eigenvalue weighted by molar-refractivity contribution is -0.133. The highest BCUT2D eigenvalue weighted by Gasteiger charge is 2.27. The van der Waals surface area contributed by atoms with Crippen molar-refractivity contribution in [1.29, 1.82) is 0 Å². The molecule has 9 nitrogen and oxygen atoms in total. The van der Waals surface area contributed by atoms with Crippen LogP contribution in [0.5, 0.6) is 0 Å². The molecule has 2 amide bonds. The van der Waals surface area contributed by atoms with Gasteiger partial charge in [-0.25, -0.2) is 4.98 Å². The van der Waals surface area contributed by atoms with Crippen LogP contribution in [0.25, 0.3) is 28.2 Å². The van der Waals surface area contributed by atoms with Gasteiger partial charge in [0.1, 0.15) is 5.82 Å². The lowest BCUT2D eigenvalue weighted by Crippen LogP contribution is -2.52. The Balaban J connectivity index is 1.21. The van der Waals surface area contributed by atoms with E-state index in [1.54, 1.807) is 16.9 Å². The molecule has 1 saturated carbocycles. The molecular weight excluding hydrogens is 538 g/mol. The number of piperazine rings is 1. The number of nitrogens with zero attached hydrogens (tertiary/aromatic N) is 6. The van der Waals surface area contributed by atoms with E-state index in [9.17, 15) is 9.59 Å². The zero-order valence-corrected chi connectivity index (χ0v) is 25.0. The molecule has 9 heteroatoms. The van der Waals surface area contributed by atoms with E-state index in [1.807, 2.05) is 71.4 Å². The van der Waals surface area contributed by atoms with Crippen molar-refractivity contribution in [3.63, 3.8) is 0 Å². The van der Waals surface area contributed by atoms with E-state index in [-0.39, 0.29) is 5.91 Å². The first-order valence-electron chi connectivity index (χ1n) is 15.6. The Morgan fingerprint density at radius 1 is 0.930 bits per heavy atom. The third-order valence-electron chi connectivity index (χ3n) is 8.94. The number of hydrogen-bond donors (Lipinski definition) is 1. The van der Waals surface area contributed by atoms with Gasteiger partial charge in [0.15, 0.2) is 0 Å². The number of rotatable bonds is 9. The summed E-state index contributed by atoms with van der Waals surface area (Å²) in [4.78, 5) is 35.5. The highest BCUT2D eigenvalue weighted by atomic mass is 16.2. The molecule has 1 aliphatic carbocycles. The zero-order valence-electron chi connectivity index (χ0n) is 25.0. The normalized spacial score (nSPS) is 16.4. The van der Waals surface area contributed by atoms with Crippen LogP contribution in [0.4, 0.5) is 0 Å². The topological polar surface area (TPSA) is 102 Å². The highest BCUT2D eigenvalue weighted by Crippen LogP contribution is 2.36. The van der Waals surface area contributed by atoms with E-state index in [0.717, 1.165) is 48.7 Å². The van der Waals surface area contributed by atoms with Crippen LogP contribution in [0, 0.1) is 0 Å². The van der Waals surface area contributed by atoms with Crippen LogP contribution in [0.15, 0.2) is 67.1 Å². The van der Waals surface area contributed by atoms with Crippen LogP contribution in [0.2, 0.25) is 0 Å². The lowest BCUT2D eigenvalue weighted by Gasteiger charge is -2.40. The molecule has 1 aliphatic heterocycles. The third kappa shape index (κ3) is 6.41. The van der Waals surface area contributed by atoms with Crippen LogP contribution in [-0.2, 0) is 18.3 Å². The Morgan fingerprint density at radius 2 is 1.70 bits per heavy atom. The van der Waals surface area contributed by atoms with Gasteiger partial charge in [-0.05, 0) is 49.4 Å². The number of amides is 2. The Morgan fingerprint density at radius 3 is 2.40 bits per heavy atom. The van der Waals surface area contributed by atoms with Gasteiger partial charge in [-0.2, -0.15) is 5.10 Å². The van der Waals surface area contributed by atoms with Gasteiger partial charge in [0.25, 0.3) is 0 Å². The monoisotopic (exact) mass is 579 g/mol. The predicted octanol–water partition coefficient (Wildman–Crippen LogP) is 4.84.